The number of alkyl halides is 3. The van der Waals surface area contributed by atoms with Crippen LogP contribution in [-0.4, -0.2) is 31.5 Å². The van der Waals surface area contributed by atoms with E-state index in [1.165, 1.54) is 0 Å². The fraction of sp³-hybridized carbons (Fsp3) is 1.00. The Kier molecular flexibility index (Phi) is 6.98. The second-order valence-electron chi connectivity index (χ2n) is 6.79. The number of rotatable bonds is 7. The van der Waals surface area contributed by atoms with Crippen molar-refractivity contribution in [1.29, 1.82) is 0 Å². The number of nitrogens with one attached hydrogen (secondary N) is 1. The average molecular weight is 309 g/mol. The molecule has 0 saturated heterocycles. The van der Waals surface area contributed by atoms with Crippen molar-refractivity contribution < 1.29 is 17.9 Å². The van der Waals surface area contributed by atoms with Crippen molar-refractivity contribution in [2.75, 3.05) is 13.2 Å². The van der Waals surface area contributed by atoms with Crippen LogP contribution in [-0.2, 0) is 4.74 Å². The minimum absolute atomic E-state index is 0.100. The van der Waals surface area contributed by atoms with Crippen molar-refractivity contribution in [3.63, 3.8) is 0 Å². The van der Waals surface area contributed by atoms with Gasteiger partial charge in [0.15, 0.2) is 0 Å². The van der Waals surface area contributed by atoms with Gasteiger partial charge in [0, 0.05) is 6.04 Å². The molecule has 3 unspecified atom stereocenters. The highest BCUT2D eigenvalue weighted by Crippen LogP contribution is 2.41. The number of hydrogen-bond donors (Lipinski definition) is 1. The van der Waals surface area contributed by atoms with E-state index in [2.05, 4.69) is 26.1 Å². The first-order chi connectivity index (χ1) is 9.69. The minimum Gasteiger partial charge on any atom is -0.376 e. The van der Waals surface area contributed by atoms with E-state index >= 15 is 0 Å². The highest BCUT2D eigenvalue weighted by molar-refractivity contribution is 4.90. The Hall–Kier alpha value is -0.290. The normalized spacial score (nSPS) is 27.9. The Labute approximate surface area is 126 Å². The lowest BCUT2D eigenvalue weighted by Crippen LogP contribution is -2.48. The highest BCUT2D eigenvalue weighted by atomic mass is 19.4. The van der Waals surface area contributed by atoms with E-state index in [4.69, 9.17) is 4.74 Å². The molecule has 0 aliphatic heterocycles. The Bertz CT molecular complexity index is 304. The Morgan fingerprint density at radius 2 is 1.81 bits per heavy atom. The summed E-state index contributed by atoms with van der Waals surface area (Å²) in [5, 5.41) is 3.37. The zero-order valence-corrected chi connectivity index (χ0v) is 13.7. The lowest BCUT2D eigenvalue weighted by atomic mass is 9.68. The summed E-state index contributed by atoms with van der Waals surface area (Å²) in [4.78, 5) is 0. The number of ether oxygens (including phenoxy) is 1. The summed E-state index contributed by atoms with van der Waals surface area (Å²) in [5.41, 5.74) is 0.225. The van der Waals surface area contributed by atoms with Crippen molar-refractivity contribution in [3.05, 3.63) is 0 Å². The summed E-state index contributed by atoms with van der Waals surface area (Å²) in [6, 6.07) is 0.187. The average Bonchev–Trinajstić information content (AvgIpc) is 2.39. The van der Waals surface area contributed by atoms with Gasteiger partial charge in [-0.25, -0.2) is 0 Å². The molecule has 0 amide bonds. The van der Waals surface area contributed by atoms with Crippen LogP contribution >= 0.6 is 0 Å². The molecule has 1 fully saturated rings. The molecule has 0 aromatic carbocycles. The first-order valence-electron chi connectivity index (χ1n) is 8.11. The van der Waals surface area contributed by atoms with Gasteiger partial charge in [0.1, 0.15) is 0 Å². The van der Waals surface area contributed by atoms with E-state index < -0.39 is 12.6 Å². The van der Waals surface area contributed by atoms with Crippen molar-refractivity contribution >= 4 is 0 Å². The fourth-order valence-corrected chi connectivity index (χ4v) is 3.13. The first-order valence-corrected chi connectivity index (χ1v) is 8.11. The molecule has 0 radical (unpaired) electrons. The van der Waals surface area contributed by atoms with Crippen LogP contribution in [0.3, 0.4) is 0 Å². The SMILES string of the molecule is CCNC1CCC(C(C)(C)CC)CC1OCCC(F)(F)F. The van der Waals surface area contributed by atoms with E-state index in [1.54, 1.807) is 0 Å². The molecule has 1 N–H and O–H groups in total. The Morgan fingerprint density at radius 1 is 1.14 bits per heavy atom. The zero-order valence-electron chi connectivity index (χ0n) is 13.7. The van der Waals surface area contributed by atoms with Gasteiger partial charge in [-0.1, -0.05) is 34.1 Å². The van der Waals surface area contributed by atoms with Crippen LogP contribution in [0.25, 0.3) is 0 Å². The van der Waals surface area contributed by atoms with Crippen molar-refractivity contribution in [2.24, 2.45) is 11.3 Å². The van der Waals surface area contributed by atoms with Crippen LogP contribution in [0.5, 0.6) is 0 Å². The molecule has 0 heterocycles. The largest absolute Gasteiger partial charge is 0.391 e. The predicted octanol–water partition coefficient (Wildman–Crippen LogP) is 4.54. The molecule has 1 rings (SSSR count). The quantitative estimate of drug-likeness (QED) is 0.745. The zero-order chi connectivity index (χ0) is 16.1. The number of hydrogen-bond acceptors (Lipinski definition) is 2. The molecule has 2 nitrogen and oxygen atoms in total. The second kappa shape index (κ2) is 7.82. The molecule has 3 atom stereocenters. The maximum Gasteiger partial charge on any atom is 0.391 e. The van der Waals surface area contributed by atoms with Gasteiger partial charge in [0.2, 0.25) is 0 Å². The van der Waals surface area contributed by atoms with E-state index in [9.17, 15) is 13.2 Å². The van der Waals surface area contributed by atoms with Crippen LogP contribution in [0.15, 0.2) is 0 Å². The monoisotopic (exact) mass is 309 g/mol. The maximum atomic E-state index is 12.3. The summed E-state index contributed by atoms with van der Waals surface area (Å²) in [7, 11) is 0. The van der Waals surface area contributed by atoms with Crippen LogP contribution in [0.4, 0.5) is 13.2 Å². The van der Waals surface area contributed by atoms with Gasteiger partial charge < -0.3 is 10.1 Å². The standard InChI is InChI=1S/C16H30F3NO/c1-5-15(3,4)12-7-8-13(20-6-2)14(11-12)21-10-9-16(17,18)19/h12-14,20H,5-11H2,1-4H3. The van der Waals surface area contributed by atoms with Gasteiger partial charge in [0.25, 0.3) is 0 Å². The summed E-state index contributed by atoms with van der Waals surface area (Å²) in [6.07, 6.45) is -1.04. The third-order valence-electron chi connectivity index (χ3n) is 4.99. The Balaban J connectivity index is 2.59. The summed E-state index contributed by atoms with van der Waals surface area (Å²) in [6.45, 7) is 9.29. The fourth-order valence-electron chi connectivity index (χ4n) is 3.13. The number of likely N-dealkylation sites (N-methyl/N-ethyl adjacent to an activating group) is 1. The number of halogens is 3. The van der Waals surface area contributed by atoms with Crippen LogP contribution in [0.1, 0.15) is 59.8 Å². The van der Waals surface area contributed by atoms with Crippen molar-refractivity contribution in [3.8, 4) is 0 Å². The van der Waals surface area contributed by atoms with Crippen molar-refractivity contribution in [2.45, 2.75) is 78.1 Å². The lowest BCUT2D eigenvalue weighted by Gasteiger charge is -2.43. The second-order valence-corrected chi connectivity index (χ2v) is 6.79. The van der Waals surface area contributed by atoms with Crippen LogP contribution in [0, 0.1) is 11.3 Å². The van der Waals surface area contributed by atoms with Gasteiger partial charge in [-0.2, -0.15) is 13.2 Å². The summed E-state index contributed by atoms with van der Waals surface area (Å²) >= 11 is 0. The molecule has 126 valence electrons. The molecule has 5 heteroatoms. The smallest absolute Gasteiger partial charge is 0.376 e. The van der Waals surface area contributed by atoms with Gasteiger partial charge in [0.05, 0.1) is 19.1 Å². The van der Waals surface area contributed by atoms with Gasteiger partial charge >= 0.3 is 6.18 Å². The molecular formula is C16H30F3NO. The summed E-state index contributed by atoms with van der Waals surface area (Å²) < 4.78 is 42.5. The molecule has 0 spiro atoms. The lowest BCUT2D eigenvalue weighted by molar-refractivity contribution is -0.153. The molecule has 0 bridgehead atoms. The molecule has 0 aromatic heterocycles. The van der Waals surface area contributed by atoms with Gasteiger partial charge in [-0.3, -0.25) is 0 Å². The Morgan fingerprint density at radius 3 is 2.33 bits per heavy atom. The van der Waals surface area contributed by atoms with E-state index in [-0.39, 0.29) is 24.2 Å². The topological polar surface area (TPSA) is 21.3 Å². The molecule has 1 aliphatic rings. The van der Waals surface area contributed by atoms with Crippen LogP contribution < -0.4 is 5.32 Å². The predicted molar refractivity (Wildman–Crippen MR) is 79.3 cm³/mol. The molecular weight excluding hydrogens is 279 g/mol. The molecule has 21 heavy (non-hydrogen) atoms. The minimum atomic E-state index is -4.13. The third kappa shape index (κ3) is 6.15. The van der Waals surface area contributed by atoms with Crippen LogP contribution in [0.2, 0.25) is 0 Å². The van der Waals surface area contributed by atoms with E-state index in [0.717, 1.165) is 32.2 Å². The molecule has 0 aromatic rings. The van der Waals surface area contributed by atoms with Gasteiger partial charge in [-0.15, -0.1) is 0 Å². The first kappa shape index (κ1) is 18.8. The summed E-state index contributed by atoms with van der Waals surface area (Å²) in [5.74, 6) is 0.522. The van der Waals surface area contributed by atoms with Gasteiger partial charge in [-0.05, 0) is 37.1 Å². The van der Waals surface area contributed by atoms with Crippen molar-refractivity contribution in [1.82, 2.24) is 5.32 Å². The van der Waals surface area contributed by atoms with E-state index in [0.29, 0.717) is 5.92 Å². The third-order valence-corrected chi connectivity index (χ3v) is 4.99. The highest BCUT2D eigenvalue weighted by Gasteiger charge is 2.38. The van der Waals surface area contributed by atoms with E-state index in [1.807, 2.05) is 6.92 Å². The molecule has 1 saturated carbocycles. The maximum absolute atomic E-state index is 12.3. The molecule has 1 aliphatic carbocycles.